The maximum absolute atomic E-state index is 13.5. The van der Waals surface area contributed by atoms with E-state index < -0.39 is 5.97 Å². The van der Waals surface area contributed by atoms with Crippen LogP contribution in [0.5, 0.6) is 0 Å². The number of aryl methyl sites for hydroxylation is 2. The first-order chi connectivity index (χ1) is 16.2. The van der Waals surface area contributed by atoms with E-state index in [0.29, 0.717) is 28.4 Å². The van der Waals surface area contributed by atoms with Gasteiger partial charge in [0, 0.05) is 27.8 Å². The zero-order valence-corrected chi connectivity index (χ0v) is 20.7. The van der Waals surface area contributed by atoms with Crippen LogP contribution in [0.15, 0.2) is 71.4 Å². The van der Waals surface area contributed by atoms with Gasteiger partial charge in [-0.05, 0) is 68.7 Å². The number of amides is 1. The number of hydrogen-bond donors (Lipinski definition) is 0. The summed E-state index contributed by atoms with van der Waals surface area (Å²) in [5.74, 6) is -0.739. The second-order valence-corrected chi connectivity index (χ2v) is 8.89. The zero-order valence-electron chi connectivity index (χ0n) is 20.0. The number of halogens is 1. The molecule has 3 aromatic rings. The van der Waals surface area contributed by atoms with Crippen molar-refractivity contribution in [2.75, 3.05) is 7.11 Å². The van der Waals surface area contributed by atoms with E-state index in [4.69, 9.17) is 16.3 Å². The highest BCUT2D eigenvalue weighted by molar-refractivity contribution is 6.31. The summed E-state index contributed by atoms with van der Waals surface area (Å²) in [5.41, 5.74) is 6.95. The van der Waals surface area contributed by atoms with Crippen LogP contribution in [0.25, 0.3) is 11.8 Å². The molecule has 0 radical (unpaired) electrons. The minimum absolute atomic E-state index is 0.218. The third-order valence-electron chi connectivity index (χ3n) is 6.27. The van der Waals surface area contributed by atoms with E-state index in [9.17, 15) is 9.59 Å². The van der Waals surface area contributed by atoms with Crippen molar-refractivity contribution < 1.29 is 14.3 Å². The molecule has 0 atom stereocenters. The summed E-state index contributed by atoms with van der Waals surface area (Å²) in [5, 5.41) is 0.693. The van der Waals surface area contributed by atoms with Crippen LogP contribution >= 0.6 is 11.6 Å². The van der Waals surface area contributed by atoms with E-state index in [1.807, 2.05) is 75.4 Å². The molecule has 174 valence electrons. The third-order valence-corrected chi connectivity index (χ3v) is 6.68. The van der Waals surface area contributed by atoms with Gasteiger partial charge in [0.15, 0.2) is 0 Å². The van der Waals surface area contributed by atoms with Crippen LogP contribution in [-0.4, -0.2) is 28.5 Å². The van der Waals surface area contributed by atoms with Crippen LogP contribution in [-0.2, 0) is 20.9 Å². The number of carbonyl (C=O) groups is 2. The molecule has 0 saturated carbocycles. The van der Waals surface area contributed by atoms with Crippen molar-refractivity contribution in [3.8, 4) is 5.69 Å². The molecule has 1 aliphatic rings. The lowest BCUT2D eigenvalue weighted by molar-refractivity contribution is -0.136. The lowest BCUT2D eigenvalue weighted by Gasteiger charge is -2.17. The molecule has 0 unspecified atom stereocenters. The van der Waals surface area contributed by atoms with Crippen LogP contribution in [0.3, 0.4) is 0 Å². The number of benzene rings is 2. The molecule has 0 bridgehead atoms. The Morgan fingerprint density at radius 3 is 2.38 bits per heavy atom. The summed E-state index contributed by atoms with van der Waals surface area (Å²) in [7, 11) is 1.33. The van der Waals surface area contributed by atoms with Gasteiger partial charge in [-0.1, -0.05) is 48.0 Å². The van der Waals surface area contributed by atoms with Crippen LogP contribution < -0.4 is 0 Å². The van der Waals surface area contributed by atoms with Gasteiger partial charge in [0.05, 0.1) is 24.8 Å². The number of rotatable bonds is 5. The molecule has 0 N–H and O–H groups in total. The van der Waals surface area contributed by atoms with Crippen LogP contribution in [0.4, 0.5) is 0 Å². The van der Waals surface area contributed by atoms with E-state index in [-0.39, 0.29) is 5.91 Å². The first kappa shape index (κ1) is 23.6. The Balaban J connectivity index is 1.79. The van der Waals surface area contributed by atoms with Crippen LogP contribution in [0.2, 0.25) is 5.02 Å². The van der Waals surface area contributed by atoms with Gasteiger partial charge in [-0.25, -0.2) is 4.79 Å². The summed E-state index contributed by atoms with van der Waals surface area (Å²) >= 11 is 6.37. The third kappa shape index (κ3) is 4.19. The standard InChI is InChI=1S/C28H27ClN2O3/c1-17-11-12-23(15-25(17)29)31-18(2)13-22(19(31)3)14-24-26(28(33)34-5)20(4)30(27(24)32)16-21-9-7-6-8-10-21/h6-15H,16H2,1-5H3/b24-14-. The summed E-state index contributed by atoms with van der Waals surface area (Å²) in [6.07, 6.45) is 1.79. The van der Waals surface area contributed by atoms with Crippen molar-refractivity contribution >= 4 is 29.6 Å². The molecule has 0 fully saturated rings. The van der Waals surface area contributed by atoms with Crippen molar-refractivity contribution in [2.24, 2.45) is 0 Å². The fourth-order valence-electron chi connectivity index (χ4n) is 4.39. The second-order valence-electron chi connectivity index (χ2n) is 8.48. The van der Waals surface area contributed by atoms with Crippen molar-refractivity contribution in [1.29, 1.82) is 0 Å². The predicted molar refractivity (Wildman–Crippen MR) is 135 cm³/mol. The Morgan fingerprint density at radius 2 is 1.74 bits per heavy atom. The maximum atomic E-state index is 13.5. The van der Waals surface area contributed by atoms with Gasteiger partial charge in [-0.15, -0.1) is 0 Å². The smallest absolute Gasteiger partial charge is 0.340 e. The number of hydrogen-bond acceptors (Lipinski definition) is 3. The number of carbonyl (C=O) groups excluding carboxylic acids is 2. The Hall–Kier alpha value is -3.57. The molecular weight excluding hydrogens is 448 g/mol. The number of nitrogens with zero attached hydrogens (tertiary/aromatic N) is 2. The first-order valence-electron chi connectivity index (χ1n) is 11.1. The number of esters is 1. The second kappa shape index (κ2) is 9.35. The number of aromatic nitrogens is 1. The number of methoxy groups -OCH3 is 1. The highest BCUT2D eigenvalue weighted by Crippen LogP contribution is 2.34. The number of allylic oxidation sites excluding steroid dienone is 1. The molecule has 0 saturated heterocycles. The van der Waals surface area contributed by atoms with Gasteiger partial charge in [-0.3, -0.25) is 4.79 Å². The topological polar surface area (TPSA) is 51.5 Å². The maximum Gasteiger partial charge on any atom is 0.340 e. The minimum Gasteiger partial charge on any atom is -0.465 e. The molecule has 4 rings (SSSR count). The minimum atomic E-state index is -0.521. The molecular formula is C28H27ClN2O3. The van der Waals surface area contributed by atoms with Gasteiger partial charge >= 0.3 is 5.97 Å². The van der Waals surface area contributed by atoms with E-state index in [0.717, 1.165) is 33.8 Å². The number of ether oxygens (including phenoxy) is 1. The Kier molecular flexibility index (Phi) is 6.49. The SMILES string of the molecule is COC(=O)C1=C(C)N(Cc2ccccc2)C(=O)/C1=C\c1cc(C)n(-c2ccc(C)c(Cl)c2)c1C. The normalized spacial score (nSPS) is 14.9. The average Bonchev–Trinajstić information content (AvgIpc) is 3.23. The summed E-state index contributed by atoms with van der Waals surface area (Å²) in [4.78, 5) is 27.8. The molecule has 2 heterocycles. The zero-order chi connectivity index (χ0) is 24.6. The van der Waals surface area contributed by atoms with E-state index in [1.54, 1.807) is 17.9 Å². The molecule has 6 heteroatoms. The molecule has 5 nitrogen and oxygen atoms in total. The van der Waals surface area contributed by atoms with E-state index in [1.165, 1.54) is 7.11 Å². The molecule has 1 aliphatic heterocycles. The van der Waals surface area contributed by atoms with Gasteiger partial charge in [0.1, 0.15) is 0 Å². The lowest BCUT2D eigenvalue weighted by atomic mass is 10.0. The Labute approximate surface area is 204 Å². The predicted octanol–water partition coefficient (Wildman–Crippen LogP) is 5.93. The van der Waals surface area contributed by atoms with Gasteiger partial charge in [0.2, 0.25) is 0 Å². The highest BCUT2D eigenvalue weighted by atomic mass is 35.5. The largest absolute Gasteiger partial charge is 0.465 e. The van der Waals surface area contributed by atoms with E-state index >= 15 is 0 Å². The fourth-order valence-corrected chi connectivity index (χ4v) is 4.57. The van der Waals surface area contributed by atoms with Crippen molar-refractivity contribution in [3.05, 3.63) is 105 Å². The summed E-state index contributed by atoms with van der Waals surface area (Å²) in [6.45, 7) is 8.12. The molecule has 0 aliphatic carbocycles. The van der Waals surface area contributed by atoms with Gasteiger partial charge < -0.3 is 14.2 Å². The molecule has 34 heavy (non-hydrogen) atoms. The fraction of sp³-hybridized carbons (Fsp3) is 0.214. The Bertz CT molecular complexity index is 1350. The monoisotopic (exact) mass is 474 g/mol. The molecule has 1 amide bonds. The molecule has 1 aromatic heterocycles. The highest BCUT2D eigenvalue weighted by Gasteiger charge is 2.37. The quantitative estimate of drug-likeness (QED) is 0.340. The average molecular weight is 475 g/mol. The lowest BCUT2D eigenvalue weighted by Crippen LogP contribution is -2.24. The molecule has 2 aromatic carbocycles. The summed E-state index contributed by atoms with van der Waals surface area (Å²) < 4.78 is 7.13. The van der Waals surface area contributed by atoms with Crippen molar-refractivity contribution in [3.63, 3.8) is 0 Å². The van der Waals surface area contributed by atoms with Crippen molar-refractivity contribution in [2.45, 2.75) is 34.2 Å². The Morgan fingerprint density at radius 1 is 1.03 bits per heavy atom. The first-order valence-corrected chi connectivity index (χ1v) is 11.4. The van der Waals surface area contributed by atoms with Crippen molar-refractivity contribution in [1.82, 2.24) is 9.47 Å². The summed E-state index contributed by atoms with van der Waals surface area (Å²) in [6, 6.07) is 17.6. The van der Waals surface area contributed by atoms with Gasteiger partial charge in [0.25, 0.3) is 5.91 Å². The van der Waals surface area contributed by atoms with Gasteiger partial charge in [-0.2, -0.15) is 0 Å². The van der Waals surface area contributed by atoms with Crippen LogP contribution in [0.1, 0.15) is 35.0 Å². The van der Waals surface area contributed by atoms with E-state index in [2.05, 4.69) is 4.57 Å². The van der Waals surface area contributed by atoms with Crippen LogP contribution in [0, 0.1) is 20.8 Å². The molecule has 0 spiro atoms.